The number of halogens is 2. The van der Waals surface area contributed by atoms with E-state index >= 15 is 0 Å². The summed E-state index contributed by atoms with van der Waals surface area (Å²) in [5.74, 6) is -0.0892. The highest BCUT2D eigenvalue weighted by Crippen LogP contribution is 2.14. The van der Waals surface area contributed by atoms with E-state index < -0.39 is 12.7 Å². The second-order valence-electron chi connectivity index (χ2n) is 4.51. The van der Waals surface area contributed by atoms with E-state index in [-0.39, 0.29) is 17.6 Å². The highest BCUT2D eigenvalue weighted by Gasteiger charge is 2.16. The maximum Gasteiger partial charge on any atom is 0.387 e. The van der Waals surface area contributed by atoms with Gasteiger partial charge >= 0.3 is 6.61 Å². The molecule has 1 rings (SSSR count). The van der Waals surface area contributed by atoms with E-state index in [4.69, 9.17) is 5.73 Å². The SMILES string of the molecule is CC(C)[C@@H](N)C(=O)NCc1ccc(OC(F)F)cc1. The van der Waals surface area contributed by atoms with Crippen molar-refractivity contribution in [3.05, 3.63) is 29.8 Å². The molecule has 106 valence electrons. The lowest BCUT2D eigenvalue weighted by molar-refractivity contribution is -0.123. The number of nitrogens with two attached hydrogens (primary N) is 1. The molecule has 0 aliphatic rings. The molecule has 0 heterocycles. The van der Waals surface area contributed by atoms with Crippen molar-refractivity contribution in [2.45, 2.75) is 33.0 Å². The van der Waals surface area contributed by atoms with Crippen LogP contribution in [0, 0.1) is 5.92 Å². The predicted molar refractivity (Wildman–Crippen MR) is 67.7 cm³/mol. The molecule has 0 saturated carbocycles. The standard InChI is InChI=1S/C13H18F2N2O2/c1-8(2)11(16)12(18)17-7-9-3-5-10(6-4-9)19-13(14)15/h3-6,8,11,13H,7,16H2,1-2H3,(H,17,18)/t11-/m1/s1. The van der Waals surface area contributed by atoms with Crippen LogP contribution in [0.2, 0.25) is 0 Å². The largest absolute Gasteiger partial charge is 0.435 e. The predicted octanol–water partition coefficient (Wildman–Crippen LogP) is 1.89. The number of rotatable bonds is 6. The summed E-state index contributed by atoms with van der Waals surface area (Å²) in [6, 6.07) is 5.52. The second-order valence-corrected chi connectivity index (χ2v) is 4.51. The molecule has 0 bridgehead atoms. The van der Waals surface area contributed by atoms with Crippen molar-refractivity contribution in [1.29, 1.82) is 0 Å². The van der Waals surface area contributed by atoms with Gasteiger partial charge in [0, 0.05) is 6.54 Å². The van der Waals surface area contributed by atoms with Gasteiger partial charge in [-0.15, -0.1) is 0 Å². The lowest BCUT2D eigenvalue weighted by Gasteiger charge is -2.15. The number of hydrogen-bond donors (Lipinski definition) is 2. The average Bonchev–Trinajstić information content (AvgIpc) is 2.35. The molecule has 3 N–H and O–H groups in total. The molecule has 0 saturated heterocycles. The van der Waals surface area contributed by atoms with E-state index in [9.17, 15) is 13.6 Å². The average molecular weight is 272 g/mol. The smallest absolute Gasteiger partial charge is 0.387 e. The van der Waals surface area contributed by atoms with Crippen molar-refractivity contribution in [1.82, 2.24) is 5.32 Å². The minimum absolute atomic E-state index is 0.0572. The molecule has 6 heteroatoms. The first-order valence-electron chi connectivity index (χ1n) is 5.97. The van der Waals surface area contributed by atoms with Gasteiger partial charge < -0.3 is 15.8 Å². The van der Waals surface area contributed by atoms with Crippen LogP contribution >= 0.6 is 0 Å². The number of alkyl halides is 2. The quantitative estimate of drug-likeness (QED) is 0.831. The summed E-state index contributed by atoms with van der Waals surface area (Å²) < 4.78 is 28.1. The number of benzene rings is 1. The molecule has 0 radical (unpaired) electrons. The summed E-state index contributed by atoms with van der Waals surface area (Å²) in [4.78, 5) is 11.6. The number of ether oxygens (including phenoxy) is 1. The minimum atomic E-state index is -2.84. The zero-order valence-electron chi connectivity index (χ0n) is 10.9. The van der Waals surface area contributed by atoms with Gasteiger partial charge in [-0.1, -0.05) is 26.0 Å². The van der Waals surface area contributed by atoms with Crippen LogP contribution in [-0.4, -0.2) is 18.6 Å². The van der Waals surface area contributed by atoms with Gasteiger partial charge in [-0.2, -0.15) is 8.78 Å². The van der Waals surface area contributed by atoms with Gasteiger partial charge in [-0.05, 0) is 23.6 Å². The van der Waals surface area contributed by atoms with Crippen LogP contribution in [-0.2, 0) is 11.3 Å². The van der Waals surface area contributed by atoms with Gasteiger partial charge in [0.2, 0.25) is 5.91 Å². The van der Waals surface area contributed by atoms with Crippen LogP contribution in [0.25, 0.3) is 0 Å². The fraction of sp³-hybridized carbons (Fsp3) is 0.462. The summed E-state index contributed by atoms with van der Waals surface area (Å²) in [5.41, 5.74) is 6.47. The molecule has 1 aromatic rings. The molecular weight excluding hydrogens is 254 g/mol. The first kappa shape index (κ1) is 15.4. The lowest BCUT2D eigenvalue weighted by atomic mass is 10.0. The van der Waals surface area contributed by atoms with Crippen molar-refractivity contribution >= 4 is 5.91 Å². The molecule has 1 atom stereocenters. The first-order chi connectivity index (χ1) is 8.90. The third-order valence-electron chi connectivity index (χ3n) is 2.64. The van der Waals surface area contributed by atoms with Gasteiger partial charge in [0.05, 0.1) is 6.04 Å². The summed E-state index contributed by atoms with van der Waals surface area (Å²) in [6.07, 6.45) is 0. The number of amides is 1. The summed E-state index contributed by atoms with van der Waals surface area (Å²) in [7, 11) is 0. The molecule has 0 unspecified atom stereocenters. The topological polar surface area (TPSA) is 64.4 Å². The van der Waals surface area contributed by atoms with E-state index in [1.807, 2.05) is 13.8 Å². The van der Waals surface area contributed by atoms with Crippen LogP contribution in [0.3, 0.4) is 0 Å². The Bertz CT molecular complexity index is 408. The van der Waals surface area contributed by atoms with Gasteiger partial charge in [0.25, 0.3) is 0 Å². The number of hydrogen-bond acceptors (Lipinski definition) is 3. The van der Waals surface area contributed by atoms with Crippen molar-refractivity contribution in [3.8, 4) is 5.75 Å². The Balaban J connectivity index is 2.48. The van der Waals surface area contributed by atoms with Gasteiger partial charge in [0.15, 0.2) is 0 Å². The highest BCUT2D eigenvalue weighted by atomic mass is 19.3. The normalized spacial score (nSPS) is 12.6. The zero-order chi connectivity index (χ0) is 14.4. The third-order valence-corrected chi connectivity index (χ3v) is 2.64. The van der Waals surface area contributed by atoms with E-state index in [1.165, 1.54) is 12.1 Å². The molecule has 1 aromatic carbocycles. The van der Waals surface area contributed by atoms with Crippen LogP contribution in [0.4, 0.5) is 8.78 Å². The maximum absolute atomic E-state index is 11.9. The van der Waals surface area contributed by atoms with Crippen LogP contribution < -0.4 is 15.8 Å². The Hall–Kier alpha value is -1.69. The Morgan fingerprint density at radius 3 is 2.37 bits per heavy atom. The Morgan fingerprint density at radius 1 is 1.32 bits per heavy atom. The van der Waals surface area contributed by atoms with Gasteiger partial charge in [0.1, 0.15) is 5.75 Å². The number of carbonyl (C=O) groups is 1. The summed E-state index contributed by atoms with van der Waals surface area (Å²) >= 11 is 0. The second kappa shape index (κ2) is 7.04. The Kier molecular flexibility index (Phi) is 5.69. The number of nitrogens with one attached hydrogen (secondary N) is 1. The molecular formula is C13H18F2N2O2. The Labute approximate surface area is 110 Å². The third kappa shape index (κ3) is 5.21. The van der Waals surface area contributed by atoms with E-state index in [2.05, 4.69) is 10.1 Å². The van der Waals surface area contributed by atoms with Gasteiger partial charge in [-0.25, -0.2) is 0 Å². The van der Waals surface area contributed by atoms with Crippen molar-refractivity contribution < 1.29 is 18.3 Å². The fourth-order valence-electron chi connectivity index (χ4n) is 1.40. The number of carbonyl (C=O) groups excluding carboxylic acids is 1. The van der Waals surface area contributed by atoms with E-state index in [0.717, 1.165) is 5.56 Å². The molecule has 0 fully saturated rings. The Morgan fingerprint density at radius 2 is 1.89 bits per heavy atom. The minimum Gasteiger partial charge on any atom is -0.435 e. The van der Waals surface area contributed by atoms with Crippen molar-refractivity contribution in [3.63, 3.8) is 0 Å². The lowest BCUT2D eigenvalue weighted by Crippen LogP contribution is -2.43. The zero-order valence-corrected chi connectivity index (χ0v) is 10.9. The summed E-state index contributed by atoms with van der Waals surface area (Å²) in [5, 5.41) is 2.69. The molecule has 0 aromatic heterocycles. The first-order valence-corrected chi connectivity index (χ1v) is 5.97. The van der Waals surface area contributed by atoms with Crippen LogP contribution in [0.15, 0.2) is 24.3 Å². The molecule has 0 aliphatic carbocycles. The summed E-state index contributed by atoms with van der Waals surface area (Å²) in [6.45, 7) is 1.19. The van der Waals surface area contributed by atoms with Crippen LogP contribution in [0.1, 0.15) is 19.4 Å². The maximum atomic E-state index is 11.9. The fourth-order valence-corrected chi connectivity index (χ4v) is 1.40. The van der Waals surface area contributed by atoms with E-state index in [0.29, 0.717) is 6.54 Å². The molecule has 1 amide bonds. The molecule has 0 aliphatic heterocycles. The van der Waals surface area contributed by atoms with Crippen molar-refractivity contribution in [2.75, 3.05) is 0 Å². The van der Waals surface area contributed by atoms with E-state index in [1.54, 1.807) is 12.1 Å². The molecule has 4 nitrogen and oxygen atoms in total. The van der Waals surface area contributed by atoms with Crippen LogP contribution in [0.5, 0.6) is 5.75 Å². The van der Waals surface area contributed by atoms with Crippen molar-refractivity contribution in [2.24, 2.45) is 11.7 Å². The molecule has 0 spiro atoms. The molecule has 19 heavy (non-hydrogen) atoms. The van der Waals surface area contributed by atoms with Gasteiger partial charge in [-0.3, -0.25) is 4.79 Å². The highest BCUT2D eigenvalue weighted by molar-refractivity contribution is 5.81. The monoisotopic (exact) mass is 272 g/mol.